The molecule has 0 fully saturated rings. The molecule has 4 rings (SSSR count). The highest BCUT2D eigenvalue weighted by Gasteiger charge is 2.37. The van der Waals surface area contributed by atoms with Gasteiger partial charge in [-0.2, -0.15) is 4.68 Å². The number of nitrogens with zero attached hydrogens (tertiary/aromatic N) is 3. The van der Waals surface area contributed by atoms with E-state index in [1.807, 2.05) is 0 Å². The molecule has 4 nitrogen and oxygen atoms in total. The Morgan fingerprint density at radius 1 is 0.960 bits per heavy atom. The van der Waals surface area contributed by atoms with Gasteiger partial charge in [0.25, 0.3) is 0 Å². The van der Waals surface area contributed by atoms with Crippen molar-refractivity contribution < 1.29 is 17.6 Å². The smallest absolute Gasteiger partial charge is 0.268 e. The highest BCUT2D eigenvalue weighted by Crippen LogP contribution is 2.38. The minimum atomic E-state index is -1.55. The van der Waals surface area contributed by atoms with E-state index in [2.05, 4.69) is 5.10 Å². The Morgan fingerprint density at radius 3 is 2.24 bits per heavy atom. The van der Waals surface area contributed by atoms with E-state index in [0.29, 0.717) is 6.07 Å². The third-order valence-corrected chi connectivity index (χ3v) is 4.20. The summed E-state index contributed by atoms with van der Waals surface area (Å²) in [5.41, 5.74) is -0.235. The Kier molecular flexibility index (Phi) is 3.48. The molecule has 0 spiro atoms. The Labute approximate surface area is 138 Å². The molecule has 2 atom stereocenters. The number of hydrogen-bond acceptors (Lipinski definition) is 2. The third-order valence-electron chi connectivity index (χ3n) is 4.20. The fourth-order valence-electron chi connectivity index (χ4n) is 3.11. The summed E-state index contributed by atoms with van der Waals surface area (Å²) in [6.07, 6.45) is -1.68. The van der Waals surface area contributed by atoms with Crippen LogP contribution in [0.15, 0.2) is 47.3 Å². The van der Waals surface area contributed by atoms with E-state index in [1.54, 1.807) is 0 Å². The highest BCUT2D eigenvalue weighted by atomic mass is 19.1. The molecule has 0 radical (unpaired) electrons. The van der Waals surface area contributed by atoms with Crippen molar-refractivity contribution in [1.29, 1.82) is 0 Å². The van der Waals surface area contributed by atoms with Crippen molar-refractivity contribution in [2.45, 2.75) is 18.6 Å². The minimum Gasteiger partial charge on any atom is -0.268 e. The predicted molar refractivity (Wildman–Crippen MR) is 80.7 cm³/mol. The van der Waals surface area contributed by atoms with Gasteiger partial charge in [-0.1, -0.05) is 0 Å². The first-order valence-corrected chi connectivity index (χ1v) is 7.51. The fourth-order valence-corrected chi connectivity index (χ4v) is 3.11. The number of benzene rings is 2. The standard InChI is InChI=1S/C17H11F4N3O/c18-10-1-3-13(4-2-10)24-17(25)23-15(8-14(21)16(23)22-24)9-5-11(19)7-12(20)6-9/h1-7,14-15H,8H2/t14?,15-/m0/s1. The van der Waals surface area contributed by atoms with Crippen LogP contribution in [0.1, 0.15) is 30.0 Å². The molecule has 25 heavy (non-hydrogen) atoms. The molecule has 8 heteroatoms. The molecule has 1 aliphatic heterocycles. The Balaban J connectivity index is 1.85. The van der Waals surface area contributed by atoms with Crippen LogP contribution in [0, 0.1) is 17.5 Å². The summed E-state index contributed by atoms with van der Waals surface area (Å²) in [4.78, 5) is 12.7. The van der Waals surface area contributed by atoms with E-state index in [1.165, 1.54) is 12.1 Å². The van der Waals surface area contributed by atoms with Crippen LogP contribution in [0.3, 0.4) is 0 Å². The van der Waals surface area contributed by atoms with Gasteiger partial charge in [0.2, 0.25) is 0 Å². The second-order valence-electron chi connectivity index (χ2n) is 5.82. The SMILES string of the molecule is O=c1n(-c2ccc(F)cc2)nc2n1[C@H](c1cc(F)cc(F)c1)CC2F. The third kappa shape index (κ3) is 2.54. The summed E-state index contributed by atoms with van der Waals surface area (Å²) in [5.74, 6) is -2.22. The summed E-state index contributed by atoms with van der Waals surface area (Å²) in [5, 5.41) is 3.97. The fraction of sp³-hybridized carbons (Fsp3) is 0.176. The molecule has 2 aromatic carbocycles. The minimum absolute atomic E-state index is 0.121. The van der Waals surface area contributed by atoms with Gasteiger partial charge in [-0.3, -0.25) is 4.57 Å². The average Bonchev–Trinajstić information content (AvgIpc) is 3.06. The summed E-state index contributed by atoms with van der Waals surface area (Å²) in [6.45, 7) is 0. The highest BCUT2D eigenvalue weighted by molar-refractivity contribution is 5.32. The van der Waals surface area contributed by atoms with Crippen LogP contribution < -0.4 is 5.69 Å². The van der Waals surface area contributed by atoms with Crippen LogP contribution in [0.5, 0.6) is 0 Å². The zero-order valence-electron chi connectivity index (χ0n) is 12.7. The molecule has 0 saturated heterocycles. The Hall–Kier alpha value is -2.90. The lowest BCUT2D eigenvalue weighted by Crippen LogP contribution is -2.26. The van der Waals surface area contributed by atoms with Crippen LogP contribution in [0.4, 0.5) is 17.6 Å². The molecule has 0 aliphatic carbocycles. The van der Waals surface area contributed by atoms with E-state index < -0.39 is 35.4 Å². The molecule has 3 aromatic rings. The maximum Gasteiger partial charge on any atom is 0.351 e. The molecule has 0 amide bonds. The lowest BCUT2D eigenvalue weighted by atomic mass is 10.0. The van der Waals surface area contributed by atoms with Crippen molar-refractivity contribution in [2.24, 2.45) is 0 Å². The molecule has 1 unspecified atom stereocenters. The molecular weight excluding hydrogens is 338 g/mol. The molecule has 0 saturated carbocycles. The summed E-state index contributed by atoms with van der Waals surface area (Å²) >= 11 is 0. The van der Waals surface area contributed by atoms with E-state index in [-0.39, 0.29) is 23.5 Å². The largest absolute Gasteiger partial charge is 0.351 e. The van der Waals surface area contributed by atoms with E-state index in [0.717, 1.165) is 33.5 Å². The van der Waals surface area contributed by atoms with Gasteiger partial charge in [-0.25, -0.2) is 22.4 Å². The lowest BCUT2D eigenvalue weighted by molar-refractivity contribution is 0.325. The first-order chi connectivity index (χ1) is 11.9. The first-order valence-electron chi connectivity index (χ1n) is 7.51. The summed E-state index contributed by atoms with van der Waals surface area (Å²) in [7, 11) is 0. The van der Waals surface area contributed by atoms with Gasteiger partial charge in [0.05, 0.1) is 11.7 Å². The number of halogens is 4. The lowest BCUT2D eigenvalue weighted by Gasteiger charge is -2.12. The summed E-state index contributed by atoms with van der Waals surface area (Å²) in [6, 6.07) is 6.95. The Bertz CT molecular complexity index is 989. The number of fused-ring (bicyclic) bond motifs is 1. The number of hydrogen-bond donors (Lipinski definition) is 0. The van der Waals surface area contributed by atoms with Gasteiger partial charge in [0, 0.05) is 12.5 Å². The zero-order chi connectivity index (χ0) is 17.7. The predicted octanol–water partition coefficient (Wildman–Crippen LogP) is 3.46. The van der Waals surface area contributed by atoms with Gasteiger partial charge >= 0.3 is 5.69 Å². The molecule has 0 bridgehead atoms. The molecule has 1 aromatic heterocycles. The van der Waals surface area contributed by atoms with Gasteiger partial charge in [0.1, 0.15) is 17.5 Å². The van der Waals surface area contributed by atoms with Gasteiger partial charge in [0.15, 0.2) is 12.0 Å². The van der Waals surface area contributed by atoms with E-state index in [9.17, 15) is 22.4 Å². The van der Waals surface area contributed by atoms with Crippen molar-refractivity contribution in [1.82, 2.24) is 14.3 Å². The van der Waals surface area contributed by atoms with Crippen LogP contribution in [-0.4, -0.2) is 14.3 Å². The van der Waals surface area contributed by atoms with E-state index in [4.69, 9.17) is 0 Å². The van der Waals surface area contributed by atoms with Crippen molar-refractivity contribution in [3.05, 3.63) is 81.8 Å². The van der Waals surface area contributed by atoms with Crippen LogP contribution >= 0.6 is 0 Å². The van der Waals surface area contributed by atoms with Crippen molar-refractivity contribution >= 4 is 0 Å². The second-order valence-corrected chi connectivity index (χ2v) is 5.82. The maximum atomic E-state index is 14.3. The molecule has 2 heterocycles. The van der Waals surface area contributed by atoms with Gasteiger partial charge in [-0.15, -0.1) is 5.10 Å². The molecule has 128 valence electrons. The molecule has 1 aliphatic rings. The topological polar surface area (TPSA) is 39.8 Å². The van der Waals surface area contributed by atoms with Gasteiger partial charge in [-0.05, 0) is 42.0 Å². The summed E-state index contributed by atoms with van der Waals surface area (Å²) < 4.78 is 56.4. The first kappa shape index (κ1) is 15.6. The maximum absolute atomic E-state index is 14.3. The average molecular weight is 349 g/mol. The van der Waals surface area contributed by atoms with Crippen LogP contribution in [0.2, 0.25) is 0 Å². The van der Waals surface area contributed by atoms with E-state index >= 15 is 0 Å². The number of aromatic nitrogens is 3. The molecule has 0 N–H and O–H groups in total. The van der Waals surface area contributed by atoms with Crippen molar-refractivity contribution in [3.63, 3.8) is 0 Å². The van der Waals surface area contributed by atoms with Gasteiger partial charge < -0.3 is 0 Å². The van der Waals surface area contributed by atoms with Crippen LogP contribution in [-0.2, 0) is 0 Å². The monoisotopic (exact) mass is 349 g/mol. The van der Waals surface area contributed by atoms with Crippen molar-refractivity contribution in [2.75, 3.05) is 0 Å². The zero-order valence-corrected chi connectivity index (χ0v) is 12.7. The Morgan fingerprint density at radius 2 is 1.60 bits per heavy atom. The van der Waals surface area contributed by atoms with Crippen LogP contribution in [0.25, 0.3) is 5.69 Å². The number of alkyl halides is 1. The quantitative estimate of drug-likeness (QED) is 0.665. The molecular formula is C17H11F4N3O. The normalized spacial score (nSPS) is 19.2. The second kappa shape index (κ2) is 5.58. The number of rotatable bonds is 2. The van der Waals surface area contributed by atoms with Crippen molar-refractivity contribution in [3.8, 4) is 5.69 Å².